The van der Waals surface area contributed by atoms with Gasteiger partial charge >= 0.3 is 0 Å². The highest BCUT2D eigenvalue weighted by atomic mass is 16.3. The highest BCUT2D eigenvalue weighted by Gasteiger charge is 2.01. The van der Waals surface area contributed by atoms with Crippen molar-refractivity contribution in [1.82, 2.24) is 15.1 Å². The van der Waals surface area contributed by atoms with Crippen LogP contribution in [0.15, 0.2) is 35.2 Å². The molecule has 0 saturated heterocycles. The van der Waals surface area contributed by atoms with Crippen LogP contribution in [0.2, 0.25) is 0 Å². The summed E-state index contributed by atoms with van der Waals surface area (Å²) in [6, 6.07) is 4.28. The molecule has 0 aliphatic carbocycles. The second kappa shape index (κ2) is 4.99. The zero-order valence-electron chi connectivity index (χ0n) is 9.68. The van der Waals surface area contributed by atoms with Crippen LogP contribution in [0, 0.1) is 0 Å². The zero-order chi connectivity index (χ0) is 11.4. The van der Waals surface area contributed by atoms with Gasteiger partial charge in [0.25, 0.3) is 0 Å². The van der Waals surface area contributed by atoms with Gasteiger partial charge < -0.3 is 9.73 Å². The number of aromatic nitrogens is 2. The van der Waals surface area contributed by atoms with E-state index in [0.717, 1.165) is 18.8 Å². The Labute approximate surface area is 95.3 Å². The Morgan fingerprint density at radius 2 is 2.31 bits per heavy atom. The third kappa shape index (κ3) is 2.73. The monoisotopic (exact) mass is 219 g/mol. The summed E-state index contributed by atoms with van der Waals surface area (Å²) >= 11 is 0. The summed E-state index contributed by atoms with van der Waals surface area (Å²) in [6.45, 7) is 5.80. The Kier molecular flexibility index (Phi) is 3.41. The van der Waals surface area contributed by atoms with E-state index in [9.17, 15) is 0 Å². The lowest BCUT2D eigenvalue weighted by Crippen LogP contribution is -2.11. The Morgan fingerprint density at radius 1 is 1.44 bits per heavy atom. The van der Waals surface area contributed by atoms with Crippen LogP contribution < -0.4 is 5.32 Å². The molecule has 0 amide bonds. The topological polar surface area (TPSA) is 43.0 Å². The van der Waals surface area contributed by atoms with Crippen molar-refractivity contribution in [2.24, 2.45) is 0 Å². The smallest absolute Gasteiger partial charge is 0.117 e. The maximum absolute atomic E-state index is 5.23. The second-order valence-corrected chi connectivity index (χ2v) is 4.11. The average molecular weight is 219 g/mol. The van der Waals surface area contributed by atoms with Crippen molar-refractivity contribution in [2.45, 2.75) is 33.0 Å². The van der Waals surface area contributed by atoms with E-state index < -0.39 is 0 Å². The molecule has 0 bridgehead atoms. The van der Waals surface area contributed by atoms with Gasteiger partial charge in [0.2, 0.25) is 0 Å². The Morgan fingerprint density at radius 3 is 2.94 bits per heavy atom. The molecular formula is C12H17N3O. The minimum Gasteiger partial charge on any atom is -0.468 e. The summed E-state index contributed by atoms with van der Waals surface area (Å²) in [5, 5.41) is 7.59. The Balaban J connectivity index is 1.81. The molecule has 0 spiro atoms. The molecule has 0 unspecified atom stereocenters. The van der Waals surface area contributed by atoms with Crippen LogP contribution in [-0.4, -0.2) is 9.78 Å². The summed E-state index contributed by atoms with van der Waals surface area (Å²) in [5.74, 6) is 0.955. The second-order valence-electron chi connectivity index (χ2n) is 4.11. The van der Waals surface area contributed by atoms with Gasteiger partial charge in [-0.2, -0.15) is 5.10 Å². The van der Waals surface area contributed by atoms with Crippen LogP contribution in [0.3, 0.4) is 0 Å². The summed E-state index contributed by atoms with van der Waals surface area (Å²) in [6.07, 6.45) is 5.66. The quantitative estimate of drug-likeness (QED) is 0.839. The van der Waals surface area contributed by atoms with E-state index in [1.54, 1.807) is 6.26 Å². The van der Waals surface area contributed by atoms with E-state index in [1.165, 1.54) is 5.56 Å². The number of nitrogens with one attached hydrogen (secondary N) is 1. The third-order valence-electron chi connectivity index (χ3n) is 2.39. The van der Waals surface area contributed by atoms with E-state index >= 15 is 0 Å². The molecule has 0 saturated carbocycles. The van der Waals surface area contributed by atoms with Gasteiger partial charge in [0.15, 0.2) is 0 Å². The molecule has 4 nitrogen and oxygen atoms in total. The molecule has 1 N–H and O–H groups in total. The molecule has 0 radical (unpaired) electrons. The molecule has 16 heavy (non-hydrogen) atoms. The number of nitrogens with zero attached hydrogens (tertiary/aromatic N) is 2. The normalized spacial score (nSPS) is 11.2. The highest BCUT2D eigenvalue weighted by molar-refractivity contribution is 5.04. The Hall–Kier alpha value is -1.55. The molecule has 0 aromatic carbocycles. The lowest BCUT2D eigenvalue weighted by atomic mass is 10.3. The summed E-state index contributed by atoms with van der Waals surface area (Å²) in [5.41, 5.74) is 1.19. The van der Waals surface area contributed by atoms with E-state index in [4.69, 9.17) is 4.42 Å². The lowest BCUT2D eigenvalue weighted by molar-refractivity contribution is 0.482. The number of hydrogen-bond donors (Lipinski definition) is 1. The summed E-state index contributed by atoms with van der Waals surface area (Å²) < 4.78 is 7.19. The van der Waals surface area contributed by atoms with Crippen molar-refractivity contribution in [3.8, 4) is 0 Å². The van der Waals surface area contributed by atoms with Crippen LogP contribution in [0.4, 0.5) is 0 Å². The first-order valence-electron chi connectivity index (χ1n) is 5.52. The van der Waals surface area contributed by atoms with Gasteiger partial charge in [-0.3, -0.25) is 4.68 Å². The molecule has 0 aliphatic heterocycles. The van der Waals surface area contributed by atoms with Crippen LogP contribution in [0.25, 0.3) is 0 Å². The molecule has 0 aliphatic rings. The first kappa shape index (κ1) is 11.0. The first-order chi connectivity index (χ1) is 7.75. The molecule has 2 aromatic rings. The summed E-state index contributed by atoms with van der Waals surface area (Å²) in [4.78, 5) is 0. The Bertz CT molecular complexity index is 417. The predicted octanol–water partition coefficient (Wildman–Crippen LogP) is 2.35. The maximum Gasteiger partial charge on any atom is 0.117 e. The van der Waals surface area contributed by atoms with Gasteiger partial charge in [-0.15, -0.1) is 0 Å². The molecule has 2 heterocycles. The highest BCUT2D eigenvalue weighted by Crippen LogP contribution is 2.05. The van der Waals surface area contributed by atoms with Crippen LogP contribution in [0.5, 0.6) is 0 Å². The minimum absolute atomic E-state index is 0.416. The average Bonchev–Trinajstić information content (AvgIpc) is 2.87. The van der Waals surface area contributed by atoms with Gasteiger partial charge in [0, 0.05) is 24.3 Å². The van der Waals surface area contributed by atoms with Crippen molar-refractivity contribution in [3.63, 3.8) is 0 Å². The van der Waals surface area contributed by atoms with Crippen molar-refractivity contribution in [2.75, 3.05) is 0 Å². The third-order valence-corrected chi connectivity index (χ3v) is 2.39. The van der Waals surface area contributed by atoms with Crippen molar-refractivity contribution < 1.29 is 4.42 Å². The van der Waals surface area contributed by atoms with Gasteiger partial charge in [0.1, 0.15) is 5.76 Å². The molecule has 0 fully saturated rings. The van der Waals surface area contributed by atoms with Gasteiger partial charge in [-0.1, -0.05) is 0 Å². The van der Waals surface area contributed by atoms with Crippen molar-refractivity contribution in [3.05, 3.63) is 42.1 Å². The molecule has 2 rings (SSSR count). The van der Waals surface area contributed by atoms with Crippen LogP contribution >= 0.6 is 0 Å². The lowest BCUT2D eigenvalue weighted by Gasteiger charge is -2.03. The molecule has 86 valence electrons. The number of furan rings is 1. The van der Waals surface area contributed by atoms with E-state index in [2.05, 4.69) is 30.5 Å². The largest absolute Gasteiger partial charge is 0.468 e. The standard InChI is InChI=1S/C12H17N3O/c1-10(2)15-9-11(7-14-15)6-13-8-12-4-3-5-16-12/h3-5,7,9-10,13H,6,8H2,1-2H3. The number of rotatable bonds is 5. The number of hydrogen-bond acceptors (Lipinski definition) is 3. The van der Waals surface area contributed by atoms with Crippen LogP contribution in [-0.2, 0) is 13.1 Å². The van der Waals surface area contributed by atoms with Crippen LogP contribution in [0.1, 0.15) is 31.2 Å². The van der Waals surface area contributed by atoms with Gasteiger partial charge in [-0.05, 0) is 26.0 Å². The fourth-order valence-corrected chi connectivity index (χ4v) is 1.49. The van der Waals surface area contributed by atoms with Crippen molar-refractivity contribution in [1.29, 1.82) is 0 Å². The zero-order valence-corrected chi connectivity index (χ0v) is 9.68. The molecular weight excluding hydrogens is 202 g/mol. The molecule has 2 aromatic heterocycles. The molecule has 0 atom stereocenters. The van der Waals surface area contributed by atoms with E-state index in [0.29, 0.717) is 6.04 Å². The SMILES string of the molecule is CC(C)n1cc(CNCc2ccco2)cn1. The fourth-order valence-electron chi connectivity index (χ4n) is 1.49. The predicted molar refractivity (Wildman–Crippen MR) is 61.9 cm³/mol. The van der Waals surface area contributed by atoms with E-state index in [1.807, 2.05) is 23.0 Å². The van der Waals surface area contributed by atoms with Gasteiger partial charge in [-0.25, -0.2) is 0 Å². The fraction of sp³-hybridized carbons (Fsp3) is 0.417. The van der Waals surface area contributed by atoms with E-state index in [-0.39, 0.29) is 0 Å². The van der Waals surface area contributed by atoms with Crippen molar-refractivity contribution >= 4 is 0 Å². The van der Waals surface area contributed by atoms with Gasteiger partial charge in [0.05, 0.1) is 19.0 Å². The first-order valence-corrected chi connectivity index (χ1v) is 5.52. The molecule has 4 heteroatoms. The summed E-state index contributed by atoms with van der Waals surface area (Å²) in [7, 11) is 0. The maximum atomic E-state index is 5.23. The minimum atomic E-state index is 0.416.